The maximum atomic E-state index is 11.5. The van der Waals surface area contributed by atoms with Crippen molar-refractivity contribution in [1.82, 2.24) is 9.88 Å². The highest BCUT2D eigenvalue weighted by molar-refractivity contribution is 7.11. The van der Waals surface area contributed by atoms with E-state index in [1.165, 1.54) is 4.88 Å². The highest BCUT2D eigenvalue weighted by Gasteiger charge is 2.43. The summed E-state index contributed by atoms with van der Waals surface area (Å²) in [5.41, 5.74) is 0.563. The Morgan fingerprint density at radius 1 is 1.53 bits per heavy atom. The van der Waals surface area contributed by atoms with Gasteiger partial charge in [0.25, 0.3) is 0 Å². The van der Waals surface area contributed by atoms with Gasteiger partial charge in [-0.1, -0.05) is 13.3 Å². The van der Waals surface area contributed by atoms with Crippen LogP contribution in [0.4, 0.5) is 0 Å². The molecule has 1 fully saturated rings. The van der Waals surface area contributed by atoms with E-state index in [0.717, 1.165) is 43.1 Å². The minimum Gasteiger partial charge on any atom is -0.481 e. The van der Waals surface area contributed by atoms with Crippen LogP contribution in [0.15, 0.2) is 0 Å². The van der Waals surface area contributed by atoms with Crippen LogP contribution in [0.5, 0.6) is 0 Å². The molecule has 0 aliphatic carbocycles. The van der Waals surface area contributed by atoms with E-state index in [9.17, 15) is 9.90 Å². The summed E-state index contributed by atoms with van der Waals surface area (Å²) in [7, 11) is 0. The van der Waals surface area contributed by atoms with Crippen LogP contribution in [0, 0.1) is 19.3 Å². The molecule has 0 radical (unpaired) electrons. The first kappa shape index (κ1) is 14.5. The van der Waals surface area contributed by atoms with Crippen molar-refractivity contribution in [1.29, 1.82) is 0 Å². The number of carbonyl (C=O) groups is 1. The Hall–Kier alpha value is -0.940. The first-order valence-corrected chi connectivity index (χ1v) is 7.67. The van der Waals surface area contributed by atoms with E-state index in [4.69, 9.17) is 0 Å². The second kappa shape index (κ2) is 5.59. The molecule has 0 saturated carbocycles. The van der Waals surface area contributed by atoms with Gasteiger partial charge in [0.05, 0.1) is 16.1 Å². The van der Waals surface area contributed by atoms with Gasteiger partial charge in [-0.2, -0.15) is 0 Å². The number of likely N-dealkylation sites (tertiary alicyclic amines) is 1. The lowest BCUT2D eigenvalue weighted by Crippen LogP contribution is -2.34. The van der Waals surface area contributed by atoms with Gasteiger partial charge in [-0.15, -0.1) is 11.3 Å². The van der Waals surface area contributed by atoms with Crippen LogP contribution >= 0.6 is 11.3 Å². The average molecular weight is 282 g/mol. The van der Waals surface area contributed by atoms with Gasteiger partial charge >= 0.3 is 5.97 Å². The topological polar surface area (TPSA) is 53.4 Å². The Bertz CT molecular complexity index is 472. The number of rotatable bonds is 5. The molecule has 1 aromatic rings. The van der Waals surface area contributed by atoms with Crippen molar-refractivity contribution >= 4 is 17.3 Å². The molecule has 0 amide bonds. The molecule has 1 atom stereocenters. The highest BCUT2D eigenvalue weighted by atomic mass is 32.1. The van der Waals surface area contributed by atoms with Gasteiger partial charge in [0.15, 0.2) is 0 Å². The predicted octanol–water partition coefficient (Wildman–Crippen LogP) is 2.84. The van der Waals surface area contributed by atoms with Crippen LogP contribution in [-0.4, -0.2) is 34.0 Å². The zero-order valence-electron chi connectivity index (χ0n) is 11.9. The lowest BCUT2D eigenvalue weighted by Gasteiger charge is -2.24. The summed E-state index contributed by atoms with van der Waals surface area (Å²) in [5.74, 6) is -0.631. The Morgan fingerprint density at radius 2 is 2.26 bits per heavy atom. The first-order chi connectivity index (χ1) is 8.97. The molecular weight excluding hydrogens is 260 g/mol. The minimum absolute atomic E-state index is 0.525. The molecule has 1 aliphatic rings. The third kappa shape index (κ3) is 2.98. The maximum absolute atomic E-state index is 11.5. The molecule has 1 N–H and O–H groups in total. The number of aromatic nitrogens is 1. The molecule has 1 unspecified atom stereocenters. The number of aryl methyl sites for hydroxylation is 2. The van der Waals surface area contributed by atoms with E-state index < -0.39 is 11.4 Å². The lowest BCUT2D eigenvalue weighted by atomic mass is 9.83. The van der Waals surface area contributed by atoms with E-state index in [2.05, 4.69) is 16.8 Å². The van der Waals surface area contributed by atoms with Crippen molar-refractivity contribution in [2.24, 2.45) is 5.41 Å². The normalized spacial score (nSPS) is 23.9. The molecule has 0 spiro atoms. The van der Waals surface area contributed by atoms with Crippen LogP contribution in [0.2, 0.25) is 0 Å². The van der Waals surface area contributed by atoms with Crippen molar-refractivity contribution in [2.75, 3.05) is 13.1 Å². The molecule has 106 valence electrons. The Kier molecular flexibility index (Phi) is 4.26. The van der Waals surface area contributed by atoms with Crippen molar-refractivity contribution in [3.63, 3.8) is 0 Å². The highest BCUT2D eigenvalue weighted by Crippen LogP contribution is 2.36. The van der Waals surface area contributed by atoms with Crippen molar-refractivity contribution < 1.29 is 9.90 Å². The third-order valence-electron chi connectivity index (χ3n) is 3.98. The number of hydrogen-bond acceptors (Lipinski definition) is 4. The largest absolute Gasteiger partial charge is 0.481 e. The SMILES string of the molecule is CCCC1(C(=O)O)CCN(Cc2sc(C)nc2C)C1. The summed E-state index contributed by atoms with van der Waals surface area (Å²) in [6.07, 6.45) is 2.48. The van der Waals surface area contributed by atoms with Crippen molar-refractivity contribution in [3.8, 4) is 0 Å². The van der Waals surface area contributed by atoms with Gasteiger partial charge in [0.1, 0.15) is 0 Å². The second-order valence-electron chi connectivity index (χ2n) is 5.54. The number of nitrogens with zero attached hydrogens (tertiary/aromatic N) is 2. The van der Waals surface area contributed by atoms with Crippen LogP contribution < -0.4 is 0 Å². The molecule has 1 saturated heterocycles. The Labute approximate surface area is 118 Å². The van der Waals surface area contributed by atoms with Crippen LogP contribution in [0.25, 0.3) is 0 Å². The Morgan fingerprint density at radius 3 is 2.79 bits per heavy atom. The molecule has 2 rings (SSSR count). The van der Waals surface area contributed by atoms with E-state index in [1.807, 2.05) is 13.8 Å². The molecule has 1 aromatic heterocycles. The van der Waals surface area contributed by atoms with E-state index in [1.54, 1.807) is 11.3 Å². The summed E-state index contributed by atoms with van der Waals surface area (Å²) in [4.78, 5) is 19.5. The van der Waals surface area contributed by atoms with Gasteiger partial charge < -0.3 is 5.11 Å². The second-order valence-corrected chi connectivity index (χ2v) is 6.83. The number of carboxylic acid groups (broad SMARTS) is 1. The summed E-state index contributed by atoms with van der Waals surface area (Å²) < 4.78 is 0. The number of aliphatic carboxylic acids is 1. The molecular formula is C14H22N2O2S. The molecule has 1 aliphatic heterocycles. The monoisotopic (exact) mass is 282 g/mol. The number of thiazole rings is 1. The fourth-order valence-corrected chi connectivity index (χ4v) is 3.96. The van der Waals surface area contributed by atoms with Crippen molar-refractivity contribution in [3.05, 3.63) is 15.6 Å². The van der Waals surface area contributed by atoms with Gasteiger partial charge in [0.2, 0.25) is 0 Å². The van der Waals surface area contributed by atoms with Gasteiger partial charge in [0, 0.05) is 18.0 Å². The molecule has 5 heteroatoms. The van der Waals surface area contributed by atoms with Gasteiger partial charge in [-0.25, -0.2) is 4.98 Å². The average Bonchev–Trinajstić information content (AvgIpc) is 2.86. The summed E-state index contributed by atoms with van der Waals surface area (Å²) in [6.45, 7) is 8.50. The van der Waals surface area contributed by atoms with E-state index in [0.29, 0.717) is 6.54 Å². The fourth-order valence-electron chi connectivity index (χ4n) is 2.98. The molecule has 0 bridgehead atoms. The number of hydrogen-bond donors (Lipinski definition) is 1. The van der Waals surface area contributed by atoms with Gasteiger partial charge in [-0.3, -0.25) is 9.69 Å². The van der Waals surface area contributed by atoms with E-state index in [-0.39, 0.29) is 0 Å². The smallest absolute Gasteiger partial charge is 0.310 e. The molecule has 4 nitrogen and oxygen atoms in total. The maximum Gasteiger partial charge on any atom is 0.310 e. The summed E-state index contributed by atoms with van der Waals surface area (Å²) in [5, 5.41) is 10.6. The van der Waals surface area contributed by atoms with Crippen molar-refractivity contribution in [2.45, 2.75) is 46.6 Å². The summed E-state index contributed by atoms with van der Waals surface area (Å²) >= 11 is 1.72. The van der Waals surface area contributed by atoms with Crippen LogP contribution in [0.1, 0.15) is 41.8 Å². The zero-order chi connectivity index (χ0) is 14.0. The Balaban J connectivity index is 2.05. The lowest BCUT2D eigenvalue weighted by molar-refractivity contribution is -0.148. The summed E-state index contributed by atoms with van der Waals surface area (Å²) in [6, 6.07) is 0. The minimum atomic E-state index is -0.631. The van der Waals surface area contributed by atoms with Gasteiger partial charge in [-0.05, 0) is 33.2 Å². The standard InChI is InChI=1S/C14H22N2O2S/c1-4-5-14(13(17)18)6-7-16(9-14)8-12-10(2)15-11(3)19-12/h4-9H2,1-3H3,(H,17,18). The first-order valence-electron chi connectivity index (χ1n) is 6.85. The molecule has 2 heterocycles. The molecule has 0 aromatic carbocycles. The quantitative estimate of drug-likeness (QED) is 0.902. The van der Waals surface area contributed by atoms with Crippen LogP contribution in [-0.2, 0) is 11.3 Å². The van der Waals surface area contributed by atoms with E-state index >= 15 is 0 Å². The number of carboxylic acids is 1. The third-order valence-corrected chi connectivity index (χ3v) is 5.04. The fraction of sp³-hybridized carbons (Fsp3) is 0.714. The zero-order valence-corrected chi connectivity index (χ0v) is 12.7. The van der Waals surface area contributed by atoms with Crippen LogP contribution in [0.3, 0.4) is 0 Å². The predicted molar refractivity (Wildman–Crippen MR) is 76.5 cm³/mol. The molecule has 19 heavy (non-hydrogen) atoms.